The number of aliphatic hydroxyl groups excluding tert-OH is 1. The lowest BCUT2D eigenvalue weighted by Gasteiger charge is -2.20. The van der Waals surface area contributed by atoms with Crippen molar-refractivity contribution in [1.29, 1.82) is 0 Å². The Morgan fingerprint density at radius 2 is 2.00 bits per heavy atom. The van der Waals surface area contributed by atoms with Crippen molar-refractivity contribution in [3.8, 4) is 0 Å². The molecule has 0 radical (unpaired) electrons. The van der Waals surface area contributed by atoms with Crippen LogP contribution < -0.4 is 10.6 Å². The molecule has 2 rings (SSSR count). The Bertz CT molecular complexity index is 589. The van der Waals surface area contributed by atoms with Gasteiger partial charge in [0.25, 0.3) is 0 Å². The lowest BCUT2D eigenvalue weighted by molar-refractivity contribution is 0.103. The molecular weight excluding hydrogens is 292 g/mol. The molecule has 0 aliphatic heterocycles. The van der Waals surface area contributed by atoms with Crippen LogP contribution in [0.3, 0.4) is 0 Å². The number of carbonyl (C=O) groups is 1. The van der Waals surface area contributed by atoms with Crippen LogP contribution in [0.15, 0.2) is 24.3 Å². The molecule has 1 aromatic carbocycles. The van der Waals surface area contributed by atoms with Gasteiger partial charge in [0.05, 0.1) is 17.1 Å². The number of amides is 2. The van der Waals surface area contributed by atoms with E-state index in [-0.39, 0.29) is 18.5 Å². The second-order valence-electron chi connectivity index (χ2n) is 5.73. The minimum atomic E-state index is -0.494. The van der Waals surface area contributed by atoms with Crippen molar-refractivity contribution in [3.63, 3.8) is 0 Å². The van der Waals surface area contributed by atoms with E-state index < -0.39 is 6.10 Å². The molecule has 6 heteroatoms. The number of benzene rings is 1. The Labute approximate surface area is 136 Å². The van der Waals surface area contributed by atoms with Crippen LogP contribution in [0.4, 0.5) is 4.79 Å². The van der Waals surface area contributed by atoms with Gasteiger partial charge in [-0.25, -0.2) is 9.78 Å². The number of carbonyl (C=O) groups excluding carboxylic acids is 1. The molecule has 2 aromatic rings. The summed E-state index contributed by atoms with van der Waals surface area (Å²) in [6.45, 7) is 4.87. The molecule has 0 aliphatic rings. The van der Waals surface area contributed by atoms with Gasteiger partial charge in [0.15, 0.2) is 0 Å². The summed E-state index contributed by atoms with van der Waals surface area (Å²) < 4.78 is 0. The molecule has 2 amide bonds. The summed E-state index contributed by atoms with van der Waals surface area (Å²) in [5.41, 5.74) is 1.93. The van der Waals surface area contributed by atoms with Gasteiger partial charge in [-0.1, -0.05) is 38.8 Å². The topological polar surface area (TPSA) is 90.0 Å². The molecule has 1 aromatic heterocycles. The molecule has 1 unspecified atom stereocenters. The number of nitrogens with zero attached hydrogens (tertiary/aromatic N) is 1. The standard InChI is InChI=1S/C17H26N4O2/c1-3-12(4-2)15(22)11-19-17(23)18-10-9-16-20-13-7-5-6-8-14(13)21-16/h5-8,12,15,22H,3-4,9-11H2,1-2H3,(H,20,21)(H2,18,19,23). The first-order chi connectivity index (χ1) is 11.1. The van der Waals surface area contributed by atoms with Crippen LogP contribution in [0.25, 0.3) is 11.0 Å². The fourth-order valence-electron chi connectivity index (χ4n) is 2.68. The van der Waals surface area contributed by atoms with Gasteiger partial charge < -0.3 is 20.7 Å². The fourth-order valence-corrected chi connectivity index (χ4v) is 2.68. The zero-order chi connectivity index (χ0) is 16.7. The molecule has 1 heterocycles. The molecule has 23 heavy (non-hydrogen) atoms. The maximum absolute atomic E-state index is 11.7. The van der Waals surface area contributed by atoms with Crippen LogP contribution in [0.1, 0.15) is 32.5 Å². The van der Waals surface area contributed by atoms with E-state index in [1.807, 2.05) is 38.1 Å². The highest BCUT2D eigenvalue weighted by Gasteiger charge is 2.15. The minimum absolute atomic E-state index is 0.228. The molecule has 0 saturated heterocycles. The van der Waals surface area contributed by atoms with Crippen molar-refractivity contribution in [1.82, 2.24) is 20.6 Å². The third kappa shape index (κ3) is 4.96. The van der Waals surface area contributed by atoms with Crippen molar-refractivity contribution in [2.75, 3.05) is 13.1 Å². The summed E-state index contributed by atoms with van der Waals surface area (Å²) in [6, 6.07) is 7.58. The Morgan fingerprint density at radius 3 is 2.70 bits per heavy atom. The summed E-state index contributed by atoms with van der Waals surface area (Å²) in [5.74, 6) is 1.08. The monoisotopic (exact) mass is 318 g/mol. The normalized spacial score (nSPS) is 12.5. The molecule has 0 aliphatic carbocycles. The number of imidazole rings is 1. The molecule has 0 bridgehead atoms. The zero-order valence-electron chi connectivity index (χ0n) is 13.8. The van der Waals surface area contributed by atoms with Gasteiger partial charge in [-0.05, 0) is 18.1 Å². The lowest BCUT2D eigenvalue weighted by Crippen LogP contribution is -2.42. The predicted octanol–water partition coefficient (Wildman–Crippen LogP) is 2.20. The molecule has 4 N–H and O–H groups in total. The number of para-hydroxylation sites is 2. The minimum Gasteiger partial charge on any atom is -0.391 e. The Morgan fingerprint density at radius 1 is 1.26 bits per heavy atom. The third-order valence-corrected chi connectivity index (χ3v) is 4.15. The van der Waals surface area contributed by atoms with Gasteiger partial charge >= 0.3 is 6.03 Å². The number of aromatic amines is 1. The smallest absolute Gasteiger partial charge is 0.314 e. The Kier molecular flexibility index (Phi) is 6.40. The van der Waals surface area contributed by atoms with E-state index in [0.29, 0.717) is 13.0 Å². The number of fused-ring (bicyclic) bond motifs is 1. The van der Waals surface area contributed by atoms with E-state index in [4.69, 9.17) is 0 Å². The number of aliphatic hydroxyl groups is 1. The SMILES string of the molecule is CCC(CC)C(O)CNC(=O)NCCc1nc2ccccc2[nH]1. The quantitative estimate of drug-likeness (QED) is 0.601. The second kappa shape index (κ2) is 8.53. The van der Waals surface area contributed by atoms with Gasteiger partial charge in [-0.15, -0.1) is 0 Å². The van der Waals surface area contributed by atoms with E-state index in [1.165, 1.54) is 0 Å². The number of H-pyrrole nitrogens is 1. The summed E-state index contributed by atoms with van der Waals surface area (Å²) in [5, 5.41) is 15.5. The Balaban J connectivity index is 1.70. The largest absolute Gasteiger partial charge is 0.391 e. The van der Waals surface area contributed by atoms with E-state index in [1.54, 1.807) is 0 Å². The predicted molar refractivity (Wildman–Crippen MR) is 91.3 cm³/mol. The third-order valence-electron chi connectivity index (χ3n) is 4.15. The van der Waals surface area contributed by atoms with E-state index in [9.17, 15) is 9.90 Å². The van der Waals surface area contributed by atoms with Crippen LogP contribution >= 0.6 is 0 Å². The fraction of sp³-hybridized carbons (Fsp3) is 0.529. The molecule has 0 fully saturated rings. The zero-order valence-corrected chi connectivity index (χ0v) is 13.8. The number of rotatable bonds is 8. The highest BCUT2D eigenvalue weighted by molar-refractivity contribution is 5.75. The average molecular weight is 318 g/mol. The van der Waals surface area contributed by atoms with Gasteiger partial charge in [-0.3, -0.25) is 0 Å². The average Bonchev–Trinajstić information content (AvgIpc) is 2.96. The maximum atomic E-state index is 11.7. The van der Waals surface area contributed by atoms with Crippen LogP contribution in [0.2, 0.25) is 0 Å². The number of urea groups is 1. The lowest BCUT2D eigenvalue weighted by atomic mass is 9.97. The number of hydrogen-bond donors (Lipinski definition) is 4. The van der Waals surface area contributed by atoms with Crippen LogP contribution in [-0.4, -0.2) is 40.3 Å². The van der Waals surface area contributed by atoms with Crippen molar-refractivity contribution in [2.24, 2.45) is 5.92 Å². The summed E-state index contributed by atoms with van der Waals surface area (Å²) in [7, 11) is 0. The van der Waals surface area contributed by atoms with Gasteiger partial charge in [0, 0.05) is 19.5 Å². The van der Waals surface area contributed by atoms with Crippen molar-refractivity contribution in [2.45, 2.75) is 39.2 Å². The molecule has 0 saturated carbocycles. The van der Waals surface area contributed by atoms with E-state index >= 15 is 0 Å². The Hall–Kier alpha value is -2.08. The number of aromatic nitrogens is 2. The van der Waals surface area contributed by atoms with Crippen LogP contribution in [0.5, 0.6) is 0 Å². The molecule has 1 atom stereocenters. The van der Waals surface area contributed by atoms with Crippen molar-refractivity contribution >= 4 is 17.1 Å². The first-order valence-corrected chi connectivity index (χ1v) is 8.27. The first-order valence-electron chi connectivity index (χ1n) is 8.27. The maximum Gasteiger partial charge on any atom is 0.314 e. The van der Waals surface area contributed by atoms with E-state index in [0.717, 1.165) is 29.7 Å². The molecule has 6 nitrogen and oxygen atoms in total. The second-order valence-corrected chi connectivity index (χ2v) is 5.73. The molecule has 0 spiro atoms. The summed E-state index contributed by atoms with van der Waals surface area (Å²) >= 11 is 0. The van der Waals surface area contributed by atoms with E-state index in [2.05, 4.69) is 20.6 Å². The summed E-state index contributed by atoms with van der Waals surface area (Å²) in [4.78, 5) is 19.4. The highest BCUT2D eigenvalue weighted by atomic mass is 16.3. The van der Waals surface area contributed by atoms with Gasteiger partial charge in [0.1, 0.15) is 5.82 Å². The molecular formula is C17H26N4O2. The highest BCUT2D eigenvalue weighted by Crippen LogP contribution is 2.12. The van der Waals surface area contributed by atoms with Crippen LogP contribution in [0, 0.1) is 5.92 Å². The van der Waals surface area contributed by atoms with Crippen molar-refractivity contribution < 1.29 is 9.90 Å². The number of nitrogens with one attached hydrogen (secondary N) is 3. The molecule has 126 valence electrons. The van der Waals surface area contributed by atoms with Crippen molar-refractivity contribution in [3.05, 3.63) is 30.1 Å². The number of hydrogen-bond acceptors (Lipinski definition) is 3. The first kappa shape index (κ1) is 17.3. The van der Waals surface area contributed by atoms with Gasteiger partial charge in [0.2, 0.25) is 0 Å². The van der Waals surface area contributed by atoms with Crippen LogP contribution in [-0.2, 0) is 6.42 Å². The van der Waals surface area contributed by atoms with Gasteiger partial charge in [-0.2, -0.15) is 0 Å². The summed E-state index contributed by atoms with van der Waals surface area (Å²) in [6.07, 6.45) is 1.96.